The maximum absolute atomic E-state index is 11.8. The van der Waals surface area contributed by atoms with E-state index in [1.807, 2.05) is 45.0 Å². The second-order valence-corrected chi connectivity index (χ2v) is 5.82. The minimum atomic E-state index is -0.472. The van der Waals surface area contributed by atoms with Gasteiger partial charge in [-0.2, -0.15) is 0 Å². The van der Waals surface area contributed by atoms with Crippen LogP contribution in [0.2, 0.25) is 0 Å². The molecular formula is C17H23N3O2. The van der Waals surface area contributed by atoms with Crippen LogP contribution in [0.3, 0.4) is 0 Å². The molecule has 0 radical (unpaired) electrons. The van der Waals surface area contributed by atoms with Crippen molar-refractivity contribution < 1.29 is 9.21 Å². The first-order valence-corrected chi connectivity index (χ1v) is 7.52. The van der Waals surface area contributed by atoms with E-state index in [0.717, 1.165) is 11.3 Å². The fraction of sp³-hybridized carbons (Fsp3) is 0.412. The van der Waals surface area contributed by atoms with Gasteiger partial charge in [0.2, 0.25) is 11.8 Å². The Bertz CT molecular complexity index is 617. The Morgan fingerprint density at radius 1 is 1.32 bits per heavy atom. The van der Waals surface area contributed by atoms with Crippen LogP contribution in [0.25, 0.3) is 11.5 Å². The monoisotopic (exact) mass is 301 g/mol. The lowest BCUT2D eigenvalue weighted by atomic mass is 10.1. The van der Waals surface area contributed by atoms with Crippen molar-refractivity contribution in [3.63, 3.8) is 0 Å². The molecule has 118 valence electrons. The summed E-state index contributed by atoms with van der Waals surface area (Å²) in [5, 5.41) is 2.82. The van der Waals surface area contributed by atoms with Crippen molar-refractivity contribution in [2.24, 2.45) is 11.7 Å². The molecule has 3 N–H and O–H groups in total. The average molecular weight is 301 g/mol. The lowest BCUT2D eigenvalue weighted by Gasteiger charge is -2.14. The van der Waals surface area contributed by atoms with Crippen molar-refractivity contribution in [1.82, 2.24) is 10.3 Å². The largest absolute Gasteiger partial charge is 0.444 e. The van der Waals surface area contributed by atoms with Gasteiger partial charge in [-0.3, -0.25) is 4.79 Å². The number of aromatic nitrogens is 1. The van der Waals surface area contributed by atoms with Crippen LogP contribution in [0.15, 0.2) is 34.9 Å². The molecule has 5 heteroatoms. The van der Waals surface area contributed by atoms with Crippen LogP contribution in [0.1, 0.15) is 25.1 Å². The first kappa shape index (κ1) is 16.2. The molecule has 1 atom stereocenters. The van der Waals surface area contributed by atoms with Gasteiger partial charge in [-0.15, -0.1) is 0 Å². The number of carbonyl (C=O) groups is 1. The number of nitrogens with zero attached hydrogens (tertiary/aromatic N) is 1. The van der Waals surface area contributed by atoms with Gasteiger partial charge in [-0.1, -0.05) is 31.5 Å². The summed E-state index contributed by atoms with van der Waals surface area (Å²) < 4.78 is 5.49. The summed E-state index contributed by atoms with van der Waals surface area (Å²) in [5.74, 6) is 0.595. The lowest BCUT2D eigenvalue weighted by molar-refractivity contribution is -0.123. The van der Waals surface area contributed by atoms with Crippen molar-refractivity contribution in [2.45, 2.75) is 33.2 Å². The van der Waals surface area contributed by atoms with Gasteiger partial charge in [0.25, 0.3) is 0 Å². The molecule has 0 saturated carbocycles. The summed E-state index contributed by atoms with van der Waals surface area (Å²) in [6.45, 7) is 6.39. The summed E-state index contributed by atoms with van der Waals surface area (Å²) in [5.41, 5.74) is 8.74. The summed E-state index contributed by atoms with van der Waals surface area (Å²) in [4.78, 5) is 16.2. The third-order valence-electron chi connectivity index (χ3n) is 3.55. The van der Waals surface area contributed by atoms with Crippen LogP contribution >= 0.6 is 0 Å². The second-order valence-electron chi connectivity index (χ2n) is 5.82. The number of aryl methyl sites for hydroxylation is 1. The highest BCUT2D eigenvalue weighted by molar-refractivity contribution is 5.81. The first-order chi connectivity index (χ1) is 10.5. The second kappa shape index (κ2) is 7.22. The topological polar surface area (TPSA) is 81.2 Å². The Morgan fingerprint density at radius 2 is 2.00 bits per heavy atom. The fourth-order valence-electron chi connectivity index (χ4n) is 1.98. The highest BCUT2D eigenvalue weighted by Gasteiger charge is 2.16. The molecule has 22 heavy (non-hydrogen) atoms. The molecule has 0 spiro atoms. The fourth-order valence-corrected chi connectivity index (χ4v) is 1.98. The summed E-state index contributed by atoms with van der Waals surface area (Å²) in [7, 11) is 0. The minimum absolute atomic E-state index is 0.125. The summed E-state index contributed by atoms with van der Waals surface area (Å²) in [6, 6.07) is 7.53. The third kappa shape index (κ3) is 4.18. The molecule has 0 aliphatic heterocycles. The van der Waals surface area contributed by atoms with Crippen LogP contribution in [0, 0.1) is 12.8 Å². The Kier molecular flexibility index (Phi) is 5.33. The molecule has 0 unspecified atom stereocenters. The van der Waals surface area contributed by atoms with Crippen molar-refractivity contribution >= 4 is 5.91 Å². The first-order valence-electron chi connectivity index (χ1n) is 7.52. The third-order valence-corrected chi connectivity index (χ3v) is 3.55. The Morgan fingerprint density at radius 3 is 2.64 bits per heavy atom. The van der Waals surface area contributed by atoms with Crippen LogP contribution in [-0.4, -0.2) is 23.5 Å². The SMILES string of the molecule is Cc1ccc(-c2nc(CCNC(=O)[C@@H](N)C(C)C)co2)cc1. The van der Waals surface area contributed by atoms with E-state index in [9.17, 15) is 4.79 Å². The number of hydrogen-bond acceptors (Lipinski definition) is 4. The van der Waals surface area contributed by atoms with E-state index in [2.05, 4.69) is 10.3 Å². The molecule has 1 heterocycles. The molecule has 1 aromatic heterocycles. The predicted octanol–water partition coefficient (Wildman–Crippen LogP) is 2.29. The standard InChI is InChI=1S/C17H23N3O2/c1-11(2)15(18)16(21)19-9-8-14-10-22-17(20-14)13-6-4-12(3)5-7-13/h4-7,10-11,15H,8-9,18H2,1-3H3,(H,19,21)/t15-/m0/s1. The predicted molar refractivity (Wildman–Crippen MR) is 86.2 cm³/mol. The quantitative estimate of drug-likeness (QED) is 0.857. The molecule has 0 saturated heterocycles. The van der Waals surface area contributed by atoms with Gasteiger partial charge in [0.15, 0.2) is 0 Å². The highest BCUT2D eigenvalue weighted by atomic mass is 16.3. The Labute approximate surface area is 130 Å². The van der Waals surface area contributed by atoms with E-state index in [-0.39, 0.29) is 11.8 Å². The number of carbonyl (C=O) groups excluding carboxylic acids is 1. The Balaban J connectivity index is 1.87. The van der Waals surface area contributed by atoms with Crippen LogP contribution in [0.5, 0.6) is 0 Å². The lowest BCUT2D eigenvalue weighted by Crippen LogP contribution is -2.44. The molecule has 2 aromatic rings. The van der Waals surface area contributed by atoms with Crippen LogP contribution in [0.4, 0.5) is 0 Å². The molecule has 5 nitrogen and oxygen atoms in total. The zero-order valence-electron chi connectivity index (χ0n) is 13.3. The van der Waals surface area contributed by atoms with Gasteiger partial charge in [-0.05, 0) is 25.0 Å². The van der Waals surface area contributed by atoms with Crippen LogP contribution < -0.4 is 11.1 Å². The number of hydrogen-bond donors (Lipinski definition) is 2. The van der Waals surface area contributed by atoms with Crippen molar-refractivity contribution in [2.75, 3.05) is 6.54 Å². The number of rotatable bonds is 6. The molecule has 0 aliphatic carbocycles. The van der Waals surface area contributed by atoms with Crippen molar-refractivity contribution in [3.8, 4) is 11.5 Å². The van der Waals surface area contributed by atoms with E-state index < -0.39 is 6.04 Å². The highest BCUT2D eigenvalue weighted by Crippen LogP contribution is 2.19. The number of nitrogens with one attached hydrogen (secondary N) is 1. The van der Waals surface area contributed by atoms with Crippen molar-refractivity contribution in [3.05, 3.63) is 41.8 Å². The maximum atomic E-state index is 11.8. The molecule has 0 aliphatic rings. The zero-order chi connectivity index (χ0) is 16.1. The van der Waals surface area contributed by atoms with Crippen LogP contribution in [-0.2, 0) is 11.2 Å². The number of amides is 1. The van der Waals surface area contributed by atoms with E-state index in [4.69, 9.17) is 10.2 Å². The van der Waals surface area contributed by atoms with E-state index in [0.29, 0.717) is 18.9 Å². The normalized spacial score (nSPS) is 12.4. The molecule has 2 rings (SSSR count). The van der Waals surface area contributed by atoms with E-state index in [1.54, 1.807) is 6.26 Å². The molecule has 0 fully saturated rings. The van der Waals surface area contributed by atoms with Crippen molar-refractivity contribution in [1.29, 1.82) is 0 Å². The van der Waals surface area contributed by atoms with E-state index in [1.165, 1.54) is 5.56 Å². The van der Waals surface area contributed by atoms with Gasteiger partial charge in [0.1, 0.15) is 6.26 Å². The molecule has 1 aromatic carbocycles. The molecular weight excluding hydrogens is 278 g/mol. The Hall–Kier alpha value is -2.14. The number of oxazole rings is 1. The van der Waals surface area contributed by atoms with Gasteiger partial charge in [0.05, 0.1) is 11.7 Å². The van der Waals surface area contributed by atoms with Gasteiger partial charge < -0.3 is 15.5 Å². The van der Waals surface area contributed by atoms with Gasteiger partial charge in [0, 0.05) is 18.5 Å². The number of nitrogens with two attached hydrogens (primary N) is 1. The smallest absolute Gasteiger partial charge is 0.237 e. The number of benzene rings is 1. The van der Waals surface area contributed by atoms with Gasteiger partial charge in [-0.25, -0.2) is 4.98 Å². The zero-order valence-corrected chi connectivity index (χ0v) is 13.3. The average Bonchev–Trinajstić information content (AvgIpc) is 2.95. The van der Waals surface area contributed by atoms with E-state index >= 15 is 0 Å². The van der Waals surface area contributed by atoms with Gasteiger partial charge >= 0.3 is 0 Å². The summed E-state index contributed by atoms with van der Waals surface area (Å²) in [6.07, 6.45) is 2.25. The molecule has 0 bridgehead atoms. The summed E-state index contributed by atoms with van der Waals surface area (Å²) >= 11 is 0. The molecule has 1 amide bonds. The minimum Gasteiger partial charge on any atom is -0.444 e. The maximum Gasteiger partial charge on any atom is 0.237 e.